The highest BCUT2D eigenvalue weighted by molar-refractivity contribution is 6.18. The van der Waals surface area contributed by atoms with E-state index in [-0.39, 0.29) is 6.04 Å². The van der Waals surface area contributed by atoms with E-state index in [1.54, 1.807) is 0 Å². The van der Waals surface area contributed by atoms with Crippen LogP contribution < -0.4 is 0 Å². The Morgan fingerprint density at radius 2 is 1.20 bits per heavy atom. The molecular weight excluding hydrogens is 609 g/mol. The molecule has 3 heteroatoms. The quantitative estimate of drug-likeness (QED) is 0.166. The first-order valence-electron chi connectivity index (χ1n) is 17.3. The first-order valence-corrected chi connectivity index (χ1v) is 17.3. The summed E-state index contributed by atoms with van der Waals surface area (Å²) in [4.78, 5) is 5.38. The minimum absolute atomic E-state index is 0.00237. The molecule has 0 saturated heterocycles. The second-order valence-electron chi connectivity index (χ2n) is 13.2. The normalized spacial score (nSPS) is 13.5. The van der Waals surface area contributed by atoms with Crippen LogP contribution in [0.3, 0.4) is 0 Å². The molecule has 9 rings (SSSR count). The molecule has 0 amide bonds. The Bertz CT molecular complexity index is 2780. The minimum Gasteiger partial charge on any atom is -0.454 e. The maximum Gasteiger partial charge on any atom is 0.159 e. The van der Waals surface area contributed by atoms with Gasteiger partial charge in [-0.15, -0.1) is 0 Å². The highest BCUT2D eigenvalue weighted by Crippen LogP contribution is 2.41. The van der Waals surface area contributed by atoms with Crippen molar-refractivity contribution in [2.24, 2.45) is 4.99 Å². The lowest BCUT2D eigenvalue weighted by molar-refractivity contribution is 0.666. The number of hydrogen-bond acceptors (Lipinski definition) is 2. The largest absolute Gasteiger partial charge is 0.454 e. The van der Waals surface area contributed by atoms with Gasteiger partial charge in [-0.3, -0.25) is 4.99 Å². The molecule has 7 aromatic carbocycles. The van der Waals surface area contributed by atoms with Crippen LogP contribution in [0.1, 0.15) is 43.5 Å². The fraction of sp³-hybridized carbons (Fsp3) is 0.0851. The molecule has 50 heavy (non-hydrogen) atoms. The van der Waals surface area contributed by atoms with Crippen molar-refractivity contribution < 1.29 is 4.42 Å². The summed E-state index contributed by atoms with van der Waals surface area (Å²) in [5.41, 5.74) is 11.9. The molecule has 1 atom stereocenters. The number of fused-ring (bicyclic) bond motifs is 7. The van der Waals surface area contributed by atoms with Gasteiger partial charge in [-0.05, 0) is 95.8 Å². The van der Waals surface area contributed by atoms with Crippen LogP contribution >= 0.6 is 0 Å². The average Bonchev–Trinajstić information content (AvgIpc) is 3.71. The van der Waals surface area contributed by atoms with Crippen LogP contribution in [0.5, 0.6) is 0 Å². The summed E-state index contributed by atoms with van der Waals surface area (Å²) in [5.74, 6) is 0. The Kier molecular flexibility index (Phi) is 7.21. The zero-order valence-corrected chi connectivity index (χ0v) is 28.4. The fourth-order valence-corrected chi connectivity index (χ4v) is 7.48. The van der Waals surface area contributed by atoms with Crippen LogP contribution in [0, 0.1) is 0 Å². The Hall–Kier alpha value is -6.19. The maximum absolute atomic E-state index is 6.75. The molecule has 0 aliphatic rings. The summed E-state index contributed by atoms with van der Waals surface area (Å²) in [6.07, 6.45) is 0. The van der Waals surface area contributed by atoms with E-state index in [9.17, 15) is 0 Å². The standard InChI is InChI=1S/C47H36N2O/c1-30(31(2)46(34-18-8-5-9-19-34)48-32(3)33-16-6-4-7-17-33)37-27-41-39-23-13-15-25-45(39)50-47(41)44(29-37)49-42-24-14-12-22-38(42)40-26-35-20-10-11-21-36(35)28-43(40)49/h4-29,32H,1-3H3/b31-30+,48-46+. The van der Waals surface area contributed by atoms with Crippen LogP contribution in [0.15, 0.2) is 173 Å². The van der Waals surface area contributed by atoms with Gasteiger partial charge in [0.1, 0.15) is 5.58 Å². The van der Waals surface area contributed by atoms with Crippen molar-refractivity contribution in [1.82, 2.24) is 4.57 Å². The third kappa shape index (κ3) is 4.93. The molecule has 0 aliphatic heterocycles. The van der Waals surface area contributed by atoms with Crippen molar-refractivity contribution in [3.05, 3.63) is 180 Å². The Morgan fingerprint density at radius 3 is 1.98 bits per heavy atom. The van der Waals surface area contributed by atoms with E-state index in [1.165, 1.54) is 32.7 Å². The minimum atomic E-state index is -0.00237. The number of rotatable bonds is 6. The molecule has 0 saturated carbocycles. The molecule has 0 fully saturated rings. The molecule has 0 bridgehead atoms. The molecule has 3 nitrogen and oxygen atoms in total. The van der Waals surface area contributed by atoms with Gasteiger partial charge in [0.15, 0.2) is 5.58 Å². The van der Waals surface area contributed by atoms with Crippen LogP contribution in [-0.4, -0.2) is 10.3 Å². The molecule has 9 aromatic rings. The number of aromatic nitrogens is 1. The van der Waals surface area contributed by atoms with E-state index in [0.29, 0.717) is 0 Å². The van der Waals surface area contributed by atoms with Gasteiger partial charge in [0.25, 0.3) is 0 Å². The van der Waals surface area contributed by atoms with Gasteiger partial charge in [-0.25, -0.2) is 0 Å². The van der Waals surface area contributed by atoms with Gasteiger partial charge < -0.3 is 8.98 Å². The first kappa shape index (κ1) is 29.9. The molecule has 0 radical (unpaired) electrons. The number of benzene rings is 7. The highest BCUT2D eigenvalue weighted by Gasteiger charge is 2.21. The van der Waals surface area contributed by atoms with Crippen molar-refractivity contribution in [1.29, 1.82) is 0 Å². The van der Waals surface area contributed by atoms with Crippen molar-refractivity contribution in [2.75, 3.05) is 0 Å². The van der Waals surface area contributed by atoms with E-state index in [2.05, 4.69) is 177 Å². The number of hydrogen-bond donors (Lipinski definition) is 0. The second-order valence-corrected chi connectivity index (χ2v) is 13.2. The number of aliphatic imine (C=N–C) groups is 1. The van der Waals surface area contributed by atoms with Crippen LogP contribution in [0.4, 0.5) is 0 Å². The zero-order chi connectivity index (χ0) is 33.8. The fourth-order valence-electron chi connectivity index (χ4n) is 7.48. The van der Waals surface area contributed by atoms with Gasteiger partial charge >= 0.3 is 0 Å². The Balaban J connectivity index is 1.34. The summed E-state index contributed by atoms with van der Waals surface area (Å²) in [6.45, 7) is 6.62. The molecule has 1 unspecified atom stereocenters. The average molecular weight is 645 g/mol. The third-order valence-electron chi connectivity index (χ3n) is 10.2. The van der Waals surface area contributed by atoms with Gasteiger partial charge in [0, 0.05) is 21.5 Å². The number of nitrogens with zero attached hydrogens (tertiary/aromatic N) is 2. The van der Waals surface area contributed by atoms with Gasteiger partial charge in [-0.1, -0.05) is 121 Å². The second kappa shape index (κ2) is 12.0. The van der Waals surface area contributed by atoms with Gasteiger partial charge in [0.2, 0.25) is 0 Å². The number of allylic oxidation sites excluding steroid dienone is 2. The Labute approximate surface area is 291 Å². The zero-order valence-electron chi connectivity index (χ0n) is 28.4. The van der Waals surface area contributed by atoms with E-state index >= 15 is 0 Å². The van der Waals surface area contributed by atoms with E-state index in [1.807, 2.05) is 6.07 Å². The smallest absolute Gasteiger partial charge is 0.159 e. The van der Waals surface area contributed by atoms with Gasteiger partial charge in [0.05, 0.1) is 28.5 Å². The maximum atomic E-state index is 6.75. The summed E-state index contributed by atoms with van der Waals surface area (Å²) < 4.78 is 9.15. The Morgan fingerprint density at radius 1 is 0.560 bits per heavy atom. The van der Waals surface area contributed by atoms with Crippen LogP contribution in [0.2, 0.25) is 0 Å². The van der Waals surface area contributed by atoms with Crippen molar-refractivity contribution in [2.45, 2.75) is 26.8 Å². The highest BCUT2D eigenvalue weighted by atomic mass is 16.3. The topological polar surface area (TPSA) is 30.4 Å². The predicted octanol–water partition coefficient (Wildman–Crippen LogP) is 12.9. The molecule has 0 aliphatic carbocycles. The number of para-hydroxylation sites is 2. The lowest BCUT2D eigenvalue weighted by Gasteiger charge is -2.17. The van der Waals surface area contributed by atoms with Crippen LogP contribution in [-0.2, 0) is 0 Å². The van der Waals surface area contributed by atoms with E-state index < -0.39 is 0 Å². The predicted molar refractivity (Wildman–Crippen MR) is 212 cm³/mol. The first-order chi connectivity index (χ1) is 24.5. The molecule has 2 aromatic heterocycles. The van der Waals surface area contributed by atoms with Crippen molar-refractivity contribution >= 4 is 65.8 Å². The third-order valence-corrected chi connectivity index (χ3v) is 10.2. The SMILES string of the molecule is CC(/C(=N\C(C)c1ccccc1)c1ccccc1)=C(/C)c1cc(-n2c3ccccc3c3cc4ccccc4cc32)c2oc3ccccc3c2c1. The van der Waals surface area contributed by atoms with E-state index in [4.69, 9.17) is 9.41 Å². The summed E-state index contributed by atoms with van der Waals surface area (Å²) in [6, 6.07) is 56.1. The monoisotopic (exact) mass is 644 g/mol. The molecule has 2 heterocycles. The van der Waals surface area contributed by atoms with Crippen molar-refractivity contribution in [3.8, 4) is 5.69 Å². The molecule has 0 spiro atoms. The summed E-state index contributed by atoms with van der Waals surface area (Å²) in [7, 11) is 0. The van der Waals surface area contributed by atoms with Gasteiger partial charge in [-0.2, -0.15) is 0 Å². The number of furan rings is 1. The lowest BCUT2D eigenvalue weighted by atomic mass is 9.93. The summed E-state index contributed by atoms with van der Waals surface area (Å²) in [5, 5.41) is 7.10. The van der Waals surface area contributed by atoms with Crippen LogP contribution in [0.25, 0.3) is 65.8 Å². The summed E-state index contributed by atoms with van der Waals surface area (Å²) >= 11 is 0. The van der Waals surface area contributed by atoms with Crippen molar-refractivity contribution in [3.63, 3.8) is 0 Å². The lowest BCUT2D eigenvalue weighted by Crippen LogP contribution is -2.07. The molecule has 0 N–H and O–H groups in total. The molecule has 240 valence electrons. The molecular formula is C47H36N2O. The van der Waals surface area contributed by atoms with E-state index in [0.717, 1.165) is 61.1 Å².